The van der Waals surface area contributed by atoms with Gasteiger partial charge in [-0.2, -0.15) is 0 Å². The van der Waals surface area contributed by atoms with Gasteiger partial charge in [0.25, 0.3) is 0 Å². The van der Waals surface area contributed by atoms with Crippen molar-refractivity contribution in [1.29, 1.82) is 0 Å². The largest absolute Gasteiger partial charge is 0.391 e. The zero-order valence-electron chi connectivity index (χ0n) is 11.8. The van der Waals surface area contributed by atoms with Crippen LogP contribution in [0.2, 0.25) is 0 Å². The Balaban J connectivity index is 1.87. The zero-order valence-corrected chi connectivity index (χ0v) is 11.8. The number of nitrogens with two attached hydrogens (primary N) is 1. The third kappa shape index (κ3) is 3.95. The molecule has 5 heteroatoms. The van der Waals surface area contributed by atoms with Crippen molar-refractivity contribution in [3.63, 3.8) is 0 Å². The van der Waals surface area contributed by atoms with E-state index in [1.54, 1.807) is 0 Å². The number of aliphatic hydroxyl groups is 1. The van der Waals surface area contributed by atoms with E-state index >= 15 is 0 Å². The summed E-state index contributed by atoms with van der Waals surface area (Å²) in [5.41, 5.74) is 7.52. The van der Waals surface area contributed by atoms with E-state index in [2.05, 4.69) is 10.6 Å². The van der Waals surface area contributed by atoms with Crippen molar-refractivity contribution < 1.29 is 9.90 Å². The lowest BCUT2D eigenvalue weighted by molar-refractivity contribution is 0.0955. The summed E-state index contributed by atoms with van der Waals surface area (Å²) in [6, 6.07) is 7.02. The molecule has 0 saturated heterocycles. The van der Waals surface area contributed by atoms with Crippen molar-refractivity contribution in [2.24, 2.45) is 5.73 Å². The van der Waals surface area contributed by atoms with Crippen LogP contribution in [0.25, 0.3) is 0 Å². The number of aliphatic hydroxyl groups excluding tert-OH is 1. The van der Waals surface area contributed by atoms with Gasteiger partial charge < -0.3 is 21.5 Å². The molecule has 0 spiro atoms. The highest BCUT2D eigenvalue weighted by atomic mass is 16.3. The number of carbonyl (C=O) groups excluding carboxylic acids is 1. The topological polar surface area (TPSA) is 87.4 Å². The van der Waals surface area contributed by atoms with E-state index in [-0.39, 0.29) is 18.1 Å². The van der Waals surface area contributed by atoms with E-state index < -0.39 is 6.10 Å². The minimum absolute atomic E-state index is 0.0183. The van der Waals surface area contributed by atoms with Crippen LogP contribution in [0.4, 0.5) is 10.5 Å². The Morgan fingerprint density at radius 1 is 1.30 bits per heavy atom. The first-order chi connectivity index (χ1) is 9.56. The number of rotatable bonds is 3. The van der Waals surface area contributed by atoms with E-state index in [0.29, 0.717) is 0 Å². The summed E-state index contributed by atoms with van der Waals surface area (Å²) in [7, 11) is 0. The molecule has 1 aliphatic rings. The van der Waals surface area contributed by atoms with Gasteiger partial charge in [-0.1, -0.05) is 25.0 Å². The Morgan fingerprint density at radius 2 is 1.95 bits per heavy atom. The molecule has 1 aromatic carbocycles. The quantitative estimate of drug-likeness (QED) is 0.682. The van der Waals surface area contributed by atoms with Crippen molar-refractivity contribution >= 4 is 11.7 Å². The van der Waals surface area contributed by atoms with Gasteiger partial charge in [0.15, 0.2) is 0 Å². The van der Waals surface area contributed by atoms with Crippen LogP contribution in [-0.2, 0) is 0 Å². The Kier molecular flexibility index (Phi) is 4.98. The molecular formula is C15H23N3O2. The van der Waals surface area contributed by atoms with Crippen molar-refractivity contribution in [3.8, 4) is 0 Å². The van der Waals surface area contributed by atoms with Gasteiger partial charge in [-0.25, -0.2) is 4.79 Å². The average molecular weight is 277 g/mol. The van der Waals surface area contributed by atoms with E-state index in [1.165, 1.54) is 0 Å². The SMILES string of the molecule is CC(N)c1ccc(NC(=O)NC2CCCCC2O)cc1. The third-order valence-corrected chi connectivity index (χ3v) is 3.74. The molecule has 20 heavy (non-hydrogen) atoms. The molecule has 3 unspecified atom stereocenters. The standard InChI is InChI=1S/C15H23N3O2/c1-10(16)11-6-8-12(9-7-11)17-15(20)18-13-4-2-3-5-14(13)19/h6-10,13-14,19H,2-5,16H2,1H3,(H2,17,18,20). The Morgan fingerprint density at radius 3 is 2.55 bits per heavy atom. The fraction of sp³-hybridized carbons (Fsp3) is 0.533. The number of anilines is 1. The second-order valence-corrected chi connectivity index (χ2v) is 5.47. The first-order valence-corrected chi connectivity index (χ1v) is 7.17. The molecule has 1 aromatic rings. The van der Waals surface area contributed by atoms with Crippen LogP contribution < -0.4 is 16.4 Å². The molecule has 1 saturated carbocycles. The minimum Gasteiger partial charge on any atom is -0.391 e. The van der Waals surface area contributed by atoms with Crippen molar-refractivity contribution in [3.05, 3.63) is 29.8 Å². The number of amides is 2. The summed E-state index contributed by atoms with van der Waals surface area (Å²) >= 11 is 0. The summed E-state index contributed by atoms with van der Waals surface area (Å²) < 4.78 is 0. The summed E-state index contributed by atoms with van der Waals surface area (Å²) in [4.78, 5) is 11.9. The summed E-state index contributed by atoms with van der Waals surface area (Å²) in [6.07, 6.45) is 3.23. The lowest BCUT2D eigenvalue weighted by Crippen LogP contribution is -2.46. The summed E-state index contributed by atoms with van der Waals surface area (Å²) in [5, 5.41) is 15.4. The normalized spacial score (nSPS) is 23.9. The van der Waals surface area contributed by atoms with Gasteiger partial charge in [0.1, 0.15) is 0 Å². The molecule has 5 nitrogen and oxygen atoms in total. The highest BCUT2D eigenvalue weighted by Gasteiger charge is 2.24. The van der Waals surface area contributed by atoms with Gasteiger partial charge in [0.05, 0.1) is 12.1 Å². The molecule has 2 rings (SSSR count). The highest BCUT2D eigenvalue weighted by Crippen LogP contribution is 2.19. The second-order valence-electron chi connectivity index (χ2n) is 5.47. The molecule has 5 N–H and O–H groups in total. The predicted molar refractivity (Wildman–Crippen MR) is 79.5 cm³/mol. The molecule has 1 fully saturated rings. The van der Waals surface area contributed by atoms with E-state index in [1.807, 2.05) is 31.2 Å². The lowest BCUT2D eigenvalue weighted by Gasteiger charge is -2.28. The van der Waals surface area contributed by atoms with Gasteiger partial charge in [0.2, 0.25) is 0 Å². The Labute approximate surface area is 119 Å². The second kappa shape index (κ2) is 6.72. The number of hydrogen-bond acceptors (Lipinski definition) is 3. The maximum atomic E-state index is 11.9. The Hall–Kier alpha value is -1.59. The van der Waals surface area contributed by atoms with Gasteiger partial charge in [-0.3, -0.25) is 0 Å². The van der Waals surface area contributed by atoms with Crippen LogP contribution in [0.1, 0.15) is 44.2 Å². The Bertz CT molecular complexity index is 445. The molecule has 0 aliphatic heterocycles. The maximum Gasteiger partial charge on any atom is 0.319 e. The number of urea groups is 1. The fourth-order valence-electron chi connectivity index (χ4n) is 2.49. The maximum absolute atomic E-state index is 11.9. The summed E-state index contributed by atoms with van der Waals surface area (Å²) in [5.74, 6) is 0. The van der Waals surface area contributed by atoms with Crippen LogP contribution in [0, 0.1) is 0 Å². The van der Waals surface area contributed by atoms with Crippen LogP contribution in [0.15, 0.2) is 24.3 Å². The van der Waals surface area contributed by atoms with Gasteiger partial charge in [-0.15, -0.1) is 0 Å². The van der Waals surface area contributed by atoms with Crippen LogP contribution in [-0.4, -0.2) is 23.3 Å². The first-order valence-electron chi connectivity index (χ1n) is 7.17. The number of nitrogens with one attached hydrogen (secondary N) is 2. The molecule has 1 aliphatic carbocycles. The minimum atomic E-state index is -0.435. The van der Waals surface area contributed by atoms with E-state index in [9.17, 15) is 9.90 Å². The van der Waals surface area contributed by atoms with Gasteiger partial charge in [0, 0.05) is 11.7 Å². The van der Waals surface area contributed by atoms with Crippen LogP contribution in [0.5, 0.6) is 0 Å². The number of hydrogen-bond donors (Lipinski definition) is 4. The molecule has 2 amide bonds. The highest BCUT2D eigenvalue weighted by molar-refractivity contribution is 5.89. The lowest BCUT2D eigenvalue weighted by atomic mass is 9.93. The third-order valence-electron chi connectivity index (χ3n) is 3.74. The van der Waals surface area contributed by atoms with E-state index in [0.717, 1.165) is 36.9 Å². The first kappa shape index (κ1) is 14.8. The van der Waals surface area contributed by atoms with Gasteiger partial charge in [-0.05, 0) is 37.5 Å². The molecular weight excluding hydrogens is 254 g/mol. The van der Waals surface area contributed by atoms with Crippen molar-refractivity contribution in [2.45, 2.75) is 50.8 Å². The van der Waals surface area contributed by atoms with Gasteiger partial charge >= 0.3 is 6.03 Å². The molecule has 0 aromatic heterocycles. The molecule has 110 valence electrons. The smallest absolute Gasteiger partial charge is 0.319 e. The molecule has 0 heterocycles. The van der Waals surface area contributed by atoms with E-state index in [4.69, 9.17) is 5.73 Å². The monoisotopic (exact) mass is 277 g/mol. The fourth-order valence-corrected chi connectivity index (χ4v) is 2.49. The molecule has 0 radical (unpaired) electrons. The summed E-state index contributed by atoms with van der Waals surface area (Å²) in [6.45, 7) is 1.92. The molecule has 0 bridgehead atoms. The predicted octanol–water partition coefficient (Wildman–Crippen LogP) is 2.13. The number of carbonyl (C=O) groups is 1. The zero-order chi connectivity index (χ0) is 14.5. The van der Waals surface area contributed by atoms with Crippen molar-refractivity contribution in [2.75, 3.05) is 5.32 Å². The van der Waals surface area contributed by atoms with Crippen LogP contribution in [0.3, 0.4) is 0 Å². The van der Waals surface area contributed by atoms with Crippen molar-refractivity contribution in [1.82, 2.24) is 5.32 Å². The molecule has 3 atom stereocenters. The average Bonchev–Trinajstić information content (AvgIpc) is 2.42. The van der Waals surface area contributed by atoms with Crippen LogP contribution >= 0.6 is 0 Å². The number of benzene rings is 1.